The number of aromatic amines is 1. The van der Waals surface area contributed by atoms with Gasteiger partial charge in [-0.05, 0) is 49.1 Å². The van der Waals surface area contributed by atoms with Crippen molar-refractivity contribution in [3.05, 3.63) is 87.6 Å². The third kappa shape index (κ3) is 5.57. The number of carbonyl (C=O) groups is 1. The van der Waals surface area contributed by atoms with Gasteiger partial charge in [0.1, 0.15) is 11.9 Å². The van der Waals surface area contributed by atoms with Crippen LogP contribution in [0.5, 0.6) is 0 Å². The molecule has 0 aliphatic carbocycles. The third-order valence-corrected chi connectivity index (χ3v) is 7.14. The number of nitrogens with zero attached hydrogens (tertiary/aromatic N) is 2. The molecule has 1 aliphatic rings. The lowest BCUT2D eigenvalue weighted by Gasteiger charge is -2.46. The first-order chi connectivity index (χ1) is 18.2. The van der Waals surface area contributed by atoms with Gasteiger partial charge in [0, 0.05) is 6.54 Å². The first-order valence-electron chi connectivity index (χ1n) is 11.8. The van der Waals surface area contributed by atoms with E-state index in [9.17, 15) is 35.9 Å². The molecule has 210 valence electrons. The molecule has 0 radical (unpaired) electrons. The number of H-pyrrole nitrogens is 1. The Kier molecular flexibility index (Phi) is 7.38. The van der Waals surface area contributed by atoms with Gasteiger partial charge in [-0.3, -0.25) is 9.36 Å². The smallest absolute Gasteiger partial charge is 0.372 e. The van der Waals surface area contributed by atoms with E-state index in [2.05, 4.69) is 15.5 Å². The van der Waals surface area contributed by atoms with Gasteiger partial charge in [0.15, 0.2) is 0 Å². The summed E-state index contributed by atoms with van der Waals surface area (Å²) in [5.74, 6) is -0.780. The molecule has 39 heavy (non-hydrogen) atoms. The van der Waals surface area contributed by atoms with Crippen LogP contribution < -0.4 is 16.7 Å². The van der Waals surface area contributed by atoms with Gasteiger partial charge in [-0.1, -0.05) is 30.3 Å². The summed E-state index contributed by atoms with van der Waals surface area (Å²) >= 11 is 0. The fourth-order valence-electron chi connectivity index (χ4n) is 4.79. The molecule has 2 aromatic carbocycles. The van der Waals surface area contributed by atoms with E-state index < -0.39 is 52.3 Å². The average molecular weight is 557 g/mol. The van der Waals surface area contributed by atoms with E-state index in [4.69, 9.17) is 10.5 Å². The van der Waals surface area contributed by atoms with E-state index in [1.165, 1.54) is 6.92 Å². The Balaban J connectivity index is 1.64. The Hall–Kier alpha value is -3.65. The third-order valence-electron chi connectivity index (χ3n) is 7.14. The molecule has 1 aromatic heterocycles. The van der Waals surface area contributed by atoms with Crippen molar-refractivity contribution in [1.82, 2.24) is 20.1 Å². The number of nitrogens with two attached hydrogens (primary N) is 1. The summed E-state index contributed by atoms with van der Waals surface area (Å²) in [6, 6.07) is 10.1. The van der Waals surface area contributed by atoms with Crippen molar-refractivity contribution >= 4 is 5.91 Å². The molecule has 1 fully saturated rings. The van der Waals surface area contributed by atoms with Crippen LogP contribution in [0.4, 0.5) is 26.3 Å². The minimum Gasteiger partial charge on any atom is -0.372 e. The molecular weight excluding hydrogens is 532 g/mol. The van der Waals surface area contributed by atoms with Crippen LogP contribution in [0.3, 0.4) is 0 Å². The molecule has 8 nitrogen and oxygen atoms in total. The van der Waals surface area contributed by atoms with E-state index >= 15 is 0 Å². The maximum absolute atomic E-state index is 13.4. The van der Waals surface area contributed by atoms with Gasteiger partial charge in [-0.15, -0.1) is 0 Å². The van der Waals surface area contributed by atoms with E-state index in [1.807, 2.05) is 0 Å². The number of rotatable bonds is 7. The summed E-state index contributed by atoms with van der Waals surface area (Å²) < 4.78 is 87.1. The molecule has 2 heterocycles. The molecule has 4 N–H and O–H groups in total. The average Bonchev–Trinajstić information content (AvgIpc) is 3.33. The molecule has 1 aliphatic heterocycles. The van der Waals surface area contributed by atoms with E-state index in [0.29, 0.717) is 17.7 Å². The van der Waals surface area contributed by atoms with Crippen molar-refractivity contribution < 1.29 is 35.9 Å². The van der Waals surface area contributed by atoms with Crippen LogP contribution in [0, 0.1) is 0 Å². The summed E-state index contributed by atoms with van der Waals surface area (Å²) in [6.07, 6.45) is -9.72. The number of piperidine rings is 1. The minimum atomic E-state index is -4.99. The number of nitrogens with one attached hydrogen (secondary N) is 2. The van der Waals surface area contributed by atoms with Gasteiger partial charge in [0.25, 0.3) is 0 Å². The molecule has 0 saturated carbocycles. The molecule has 0 bridgehead atoms. The van der Waals surface area contributed by atoms with Crippen LogP contribution in [0.25, 0.3) is 0 Å². The minimum absolute atomic E-state index is 0.0611. The lowest BCUT2D eigenvalue weighted by molar-refractivity contribution is -0.143. The number of alkyl halides is 6. The zero-order valence-corrected chi connectivity index (χ0v) is 20.6. The number of carbonyl (C=O) groups excluding carboxylic acids is 1. The summed E-state index contributed by atoms with van der Waals surface area (Å²) in [4.78, 5) is 24.8. The fourth-order valence-corrected chi connectivity index (χ4v) is 4.79. The first kappa shape index (κ1) is 28.4. The van der Waals surface area contributed by atoms with Crippen LogP contribution in [-0.2, 0) is 33.0 Å². The van der Waals surface area contributed by atoms with Gasteiger partial charge < -0.3 is 15.8 Å². The predicted octanol–water partition coefficient (Wildman–Crippen LogP) is 3.85. The monoisotopic (exact) mass is 557 g/mol. The van der Waals surface area contributed by atoms with Crippen molar-refractivity contribution in [1.29, 1.82) is 0 Å². The van der Waals surface area contributed by atoms with Crippen molar-refractivity contribution in [2.24, 2.45) is 5.73 Å². The number of hydrogen-bond acceptors (Lipinski definition) is 5. The Bertz CT molecular complexity index is 1340. The van der Waals surface area contributed by atoms with Crippen LogP contribution in [0.15, 0.2) is 59.7 Å². The molecule has 4 rings (SSSR count). The number of aromatic nitrogens is 3. The molecular formula is C25H25F6N5O3. The molecule has 1 amide bonds. The van der Waals surface area contributed by atoms with Gasteiger partial charge >= 0.3 is 18.0 Å². The lowest BCUT2D eigenvalue weighted by atomic mass is 9.76. The molecule has 1 saturated heterocycles. The van der Waals surface area contributed by atoms with E-state index in [1.54, 1.807) is 30.3 Å². The highest BCUT2D eigenvalue weighted by Gasteiger charge is 2.49. The number of hydrogen-bond donors (Lipinski definition) is 3. The first-order valence-corrected chi connectivity index (χ1v) is 11.8. The second-order valence-corrected chi connectivity index (χ2v) is 9.52. The number of benzene rings is 2. The topological polar surface area (TPSA) is 115 Å². The van der Waals surface area contributed by atoms with Crippen molar-refractivity contribution in [2.75, 3.05) is 13.2 Å². The molecule has 3 aromatic rings. The van der Waals surface area contributed by atoms with Crippen LogP contribution in [0.1, 0.15) is 48.1 Å². The highest BCUT2D eigenvalue weighted by Crippen LogP contribution is 2.40. The molecule has 0 unspecified atom stereocenters. The maximum Gasteiger partial charge on any atom is 0.416 e. The Morgan fingerprint density at radius 2 is 1.69 bits per heavy atom. The number of halogens is 6. The van der Waals surface area contributed by atoms with Gasteiger partial charge in [0.05, 0.1) is 29.4 Å². The largest absolute Gasteiger partial charge is 0.416 e. The Morgan fingerprint density at radius 3 is 2.15 bits per heavy atom. The summed E-state index contributed by atoms with van der Waals surface area (Å²) in [5, 5.41) is 9.12. The van der Waals surface area contributed by atoms with Gasteiger partial charge in [-0.25, -0.2) is 9.89 Å². The highest BCUT2D eigenvalue weighted by molar-refractivity contribution is 5.83. The van der Waals surface area contributed by atoms with Crippen molar-refractivity contribution in [2.45, 2.75) is 49.3 Å². The second-order valence-electron chi connectivity index (χ2n) is 9.52. The van der Waals surface area contributed by atoms with E-state index in [-0.39, 0.29) is 37.6 Å². The van der Waals surface area contributed by atoms with Crippen LogP contribution in [-0.4, -0.2) is 33.8 Å². The number of primary amides is 1. The fraction of sp³-hybridized carbons (Fsp3) is 0.400. The zero-order chi connectivity index (χ0) is 28.6. The zero-order valence-electron chi connectivity index (χ0n) is 20.6. The van der Waals surface area contributed by atoms with Crippen molar-refractivity contribution in [3.63, 3.8) is 0 Å². The Morgan fingerprint density at radius 1 is 1.08 bits per heavy atom. The van der Waals surface area contributed by atoms with Gasteiger partial charge in [0.2, 0.25) is 5.91 Å². The molecule has 0 spiro atoms. The van der Waals surface area contributed by atoms with E-state index in [0.717, 1.165) is 10.9 Å². The second kappa shape index (κ2) is 10.2. The number of ether oxygens (including phenoxy) is 1. The van der Waals surface area contributed by atoms with Crippen molar-refractivity contribution in [3.8, 4) is 0 Å². The SMILES string of the molecule is C[C@@H](OC[C@@]1(c2ccccc2)CC[C@](C(N)=O)(n2cn[nH]c2=O)CN1)c1cc(C(F)(F)F)cc(C(F)(F)F)c1. The summed E-state index contributed by atoms with van der Waals surface area (Å²) in [6.45, 7) is 1.07. The predicted molar refractivity (Wildman–Crippen MR) is 126 cm³/mol. The quantitative estimate of drug-likeness (QED) is 0.382. The summed E-state index contributed by atoms with van der Waals surface area (Å²) in [5.41, 5.74) is 0.116. The highest BCUT2D eigenvalue weighted by atomic mass is 19.4. The van der Waals surface area contributed by atoms with Crippen LogP contribution >= 0.6 is 0 Å². The molecule has 3 atom stereocenters. The van der Waals surface area contributed by atoms with Gasteiger partial charge in [-0.2, -0.15) is 31.4 Å². The standard InChI is InChI=1S/C25H25F6N5O3/c1-15(16-9-18(24(26,27)28)11-19(10-16)25(29,30)31)39-13-22(17-5-3-2-4-6-17)7-8-23(12-33-22,20(32)37)36-14-34-35-21(36)38/h2-6,9-11,14-15,33H,7-8,12-13H2,1H3,(H2,32,37)(H,35,38)/t15-,22-,23+/m1/s1. The lowest BCUT2D eigenvalue weighted by Crippen LogP contribution is -2.64. The van der Waals surface area contributed by atoms with Crippen LogP contribution in [0.2, 0.25) is 0 Å². The molecule has 14 heteroatoms. The summed E-state index contributed by atoms with van der Waals surface area (Å²) in [7, 11) is 0. The maximum atomic E-state index is 13.4. The Labute approximate surface area is 218 Å². The number of amides is 1. The normalized spacial score (nSPS) is 22.9.